The highest BCUT2D eigenvalue weighted by Gasteiger charge is 2.48. The van der Waals surface area contributed by atoms with Crippen molar-refractivity contribution in [1.82, 2.24) is 5.06 Å². The minimum atomic E-state index is -4.77. The molecule has 2 amide bonds. The molecule has 13 nitrogen and oxygen atoms in total. The summed E-state index contributed by atoms with van der Waals surface area (Å²) >= 11 is 0. The molecule has 0 spiro atoms. The van der Waals surface area contributed by atoms with Crippen LogP contribution in [-0.2, 0) is 47.3 Å². The molecule has 0 aromatic heterocycles. The van der Waals surface area contributed by atoms with Gasteiger partial charge >= 0.3 is 5.97 Å². The van der Waals surface area contributed by atoms with Crippen LogP contribution < -0.4 is 0 Å². The zero-order valence-corrected chi connectivity index (χ0v) is 17.7. The van der Waals surface area contributed by atoms with Crippen LogP contribution in [-0.4, -0.2) is 57.7 Å². The van der Waals surface area contributed by atoms with E-state index in [4.69, 9.17) is 9.29 Å². The molecule has 2 N–H and O–H groups in total. The van der Waals surface area contributed by atoms with Crippen LogP contribution in [0.2, 0.25) is 0 Å². The van der Waals surface area contributed by atoms with Gasteiger partial charge < -0.3 is 14.7 Å². The fraction of sp³-hybridized carbons (Fsp3) is 0.500. The highest BCUT2D eigenvalue weighted by atomic mass is 32.2. The molecule has 0 bridgehead atoms. The van der Waals surface area contributed by atoms with E-state index in [1.807, 2.05) is 0 Å². The number of ether oxygens (including phenoxy) is 1. The lowest BCUT2D eigenvalue weighted by atomic mass is 10.1. The second-order valence-electron chi connectivity index (χ2n) is 6.94. The van der Waals surface area contributed by atoms with Crippen molar-refractivity contribution in [3.63, 3.8) is 0 Å². The van der Waals surface area contributed by atoms with Crippen LogP contribution >= 0.6 is 0 Å². The van der Waals surface area contributed by atoms with Gasteiger partial charge in [0.2, 0.25) is 0 Å². The molecule has 1 atom stereocenters. The number of nitro benzene ring substituents is 1. The number of aliphatic hydroxyl groups is 1. The minimum absolute atomic E-state index is 0.0642. The number of nitro groups is 1. The number of nitrogens with zero attached hydrogens (tertiary/aromatic N) is 2. The quantitative estimate of drug-likeness (QED) is 0.142. The molecule has 1 aromatic rings. The average Bonchev–Trinajstić information content (AvgIpc) is 3.01. The van der Waals surface area contributed by atoms with E-state index in [2.05, 4.69) is 4.84 Å². The van der Waals surface area contributed by atoms with Gasteiger partial charge in [0, 0.05) is 19.1 Å². The second kappa shape index (κ2) is 11.1. The summed E-state index contributed by atoms with van der Waals surface area (Å²) in [5.41, 5.74) is 0.674. The molecule has 1 heterocycles. The van der Waals surface area contributed by atoms with Gasteiger partial charge in [-0.3, -0.25) is 24.3 Å². The zero-order valence-electron chi connectivity index (χ0n) is 16.8. The summed E-state index contributed by atoms with van der Waals surface area (Å²) in [6.07, 6.45) is 0.547. The van der Waals surface area contributed by atoms with Crippen molar-refractivity contribution < 1.29 is 47.0 Å². The van der Waals surface area contributed by atoms with Crippen LogP contribution in [0, 0.1) is 10.1 Å². The van der Waals surface area contributed by atoms with Crippen LogP contribution in [0.4, 0.5) is 5.69 Å². The van der Waals surface area contributed by atoms with E-state index >= 15 is 0 Å². The first-order valence-electron chi connectivity index (χ1n) is 9.53. The number of imide groups is 1. The SMILES string of the molecule is O=C(CCCCCOCc1ccc([N+](=O)[O-])c(CO)c1)ON1C(=O)CC(S(=O)(=O)O)C1=O. The van der Waals surface area contributed by atoms with E-state index in [9.17, 15) is 38.0 Å². The van der Waals surface area contributed by atoms with Crippen molar-refractivity contribution in [3.8, 4) is 0 Å². The van der Waals surface area contributed by atoms with E-state index in [1.54, 1.807) is 0 Å². The first-order chi connectivity index (χ1) is 15.0. The Kier molecular flexibility index (Phi) is 8.77. The maximum absolute atomic E-state index is 11.8. The second-order valence-corrected chi connectivity index (χ2v) is 8.54. The standard InChI is InChI=1S/C18H22N2O11S/c21-10-13-8-12(5-6-14(13)20(25)26)11-30-7-3-1-2-4-17(23)31-19-16(22)9-15(18(19)24)32(27,28)29/h5-6,8,15,21H,1-4,7,9-11H2,(H,27,28,29). The van der Waals surface area contributed by atoms with Gasteiger partial charge in [0.15, 0.2) is 5.25 Å². The van der Waals surface area contributed by atoms with Crippen LogP contribution in [0.1, 0.15) is 43.2 Å². The molecule has 14 heteroatoms. The number of hydroxylamine groups is 2. The third kappa shape index (κ3) is 6.78. The first-order valence-corrected chi connectivity index (χ1v) is 11.0. The number of hydrogen-bond donors (Lipinski definition) is 2. The van der Waals surface area contributed by atoms with Gasteiger partial charge in [0.25, 0.3) is 27.6 Å². The highest BCUT2D eigenvalue weighted by Crippen LogP contribution is 2.21. The van der Waals surface area contributed by atoms with E-state index in [0.29, 0.717) is 31.4 Å². The zero-order chi connectivity index (χ0) is 23.9. The van der Waals surface area contributed by atoms with Crippen LogP contribution in [0.25, 0.3) is 0 Å². The van der Waals surface area contributed by atoms with Crippen molar-refractivity contribution in [2.24, 2.45) is 0 Å². The fourth-order valence-corrected chi connectivity index (χ4v) is 3.64. The third-order valence-electron chi connectivity index (χ3n) is 4.56. The Balaban J connectivity index is 1.65. The maximum Gasteiger partial charge on any atom is 0.333 e. The lowest BCUT2D eigenvalue weighted by Gasteiger charge is -2.13. The molecule has 1 saturated heterocycles. The van der Waals surface area contributed by atoms with Gasteiger partial charge in [-0.05, 0) is 30.5 Å². The lowest BCUT2D eigenvalue weighted by Crippen LogP contribution is -2.36. The smallest absolute Gasteiger partial charge is 0.333 e. The number of benzene rings is 1. The summed E-state index contributed by atoms with van der Waals surface area (Å²) in [7, 11) is -4.77. The Morgan fingerprint density at radius 1 is 1.25 bits per heavy atom. The predicted molar refractivity (Wildman–Crippen MR) is 105 cm³/mol. The van der Waals surface area contributed by atoms with Gasteiger partial charge in [-0.15, -0.1) is 5.06 Å². The number of carbonyl (C=O) groups excluding carboxylic acids is 3. The third-order valence-corrected chi connectivity index (χ3v) is 5.65. The summed E-state index contributed by atoms with van der Waals surface area (Å²) in [6.45, 7) is 0.0477. The molecule has 0 aliphatic carbocycles. The van der Waals surface area contributed by atoms with Gasteiger partial charge in [-0.25, -0.2) is 4.79 Å². The van der Waals surface area contributed by atoms with Gasteiger partial charge in [-0.1, -0.05) is 6.42 Å². The van der Waals surface area contributed by atoms with Crippen molar-refractivity contribution in [2.45, 2.75) is 50.6 Å². The normalized spacial score (nSPS) is 16.4. The molecule has 32 heavy (non-hydrogen) atoms. The van der Waals surface area contributed by atoms with Crippen molar-refractivity contribution in [1.29, 1.82) is 0 Å². The molecule has 1 aliphatic heterocycles. The maximum atomic E-state index is 11.8. The van der Waals surface area contributed by atoms with E-state index in [1.165, 1.54) is 18.2 Å². The number of amides is 2. The summed E-state index contributed by atoms with van der Waals surface area (Å²) in [4.78, 5) is 50.1. The molecular formula is C18H22N2O11S. The Morgan fingerprint density at radius 2 is 1.97 bits per heavy atom. The average molecular weight is 474 g/mol. The first kappa shape index (κ1) is 25.3. The Labute approximate surface area is 182 Å². The predicted octanol–water partition coefficient (Wildman–Crippen LogP) is 0.638. The molecule has 0 saturated carbocycles. The number of unbranched alkanes of at least 4 members (excludes halogenated alkanes) is 2. The number of hydrogen-bond acceptors (Lipinski definition) is 10. The van der Waals surface area contributed by atoms with Crippen LogP contribution in [0.15, 0.2) is 18.2 Å². The molecule has 1 unspecified atom stereocenters. The Hall–Kier alpha value is -2.94. The molecule has 1 aliphatic rings. The van der Waals surface area contributed by atoms with Crippen molar-refractivity contribution in [3.05, 3.63) is 39.4 Å². The van der Waals surface area contributed by atoms with Crippen LogP contribution in [0.5, 0.6) is 0 Å². The van der Waals surface area contributed by atoms with E-state index in [0.717, 1.165) is 0 Å². The molecule has 1 aromatic carbocycles. The highest BCUT2D eigenvalue weighted by molar-refractivity contribution is 7.87. The number of rotatable bonds is 12. The van der Waals surface area contributed by atoms with E-state index < -0.39 is 51.1 Å². The largest absolute Gasteiger partial charge is 0.391 e. The van der Waals surface area contributed by atoms with Gasteiger partial charge in [-0.2, -0.15) is 8.42 Å². The molecule has 0 radical (unpaired) electrons. The molecule has 176 valence electrons. The number of aliphatic hydroxyl groups excluding tert-OH is 1. The Morgan fingerprint density at radius 3 is 2.56 bits per heavy atom. The summed E-state index contributed by atoms with van der Waals surface area (Å²) < 4.78 is 36.5. The topological polar surface area (TPSA) is 191 Å². The minimum Gasteiger partial charge on any atom is -0.391 e. The van der Waals surface area contributed by atoms with Crippen molar-refractivity contribution in [2.75, 3.05) is 6.61 Å². The summed E-state index contributed by atoms with van der Waals surface area (Å²) in [5, 5.41) is 18.2. The summed E-state index contributed by atoms with van der Waals surface area (Å²) in [5.74, 6) is -3.24. The van der Waals surface area contributed by atoms with Crippen molar-refractivity contribution >= 4 is 33.6 Å². The summed E-state index contributed by atoms with van der Waals surface area (Å²) in [6, 6.07) is 4.31. The monoisotopic (exact) mass is 474 g/mol. The van der Waals surface area contributed by atoms with Crippen LogP contribution in [0.3, 0.4) is 0 Å². The molecular weight excluding hydrogens is 452 g/mol. The Bertz CT molecular complexity index is 993. The molecule has 2 rings (SSSR count). The molecule has 1 fully saturated rings. The van der Waals surface area contributed by atoms with Gasteiger partial charge in [0.05, 0.1) is 30.1 Å². The van der Waals surface area contributed by atoms with Gasteiger partial charge in [0.1, 0.15) is 0 Å². The fourth-order valence-electron chi connectivity index (χ4n) is 2.93. The van der Waals surface area contributed by atoms with E-state index in [-0.39, 0.29) is 29.3 Å². The lowest BCUT2D eigenvalue weighted by molar-refractivity contribution is -0.385. The number of carbonyl (C=O) groups is 3.